The van der Waals surface area contributed by atoms with Crippen LogP contribution in [0.5, 0.6) is 0 Å². The number of halogens is 1. The van der Waals surface area contributed by atoms with Crippen LogP contribution in [0.15, 0.2) is 36.4 Å². The number of nitrogens with one attached hydrogen (secondary N) is 1. The van der Waals surface area contributed by atoms with E-state index in [4.69, 9.17) is 11.6 Å². The Labute approximate surface area is 92.7 Å². The van der Waals surface area contributed by atoms with Gasteiger partial charge in [0.1, 0.15) is 0 Å². The molecule has 0 atom stereocenters. The number of rotatable bonds is 0. The molecule has 0 fully saturated rings. The lowest BCUT2D eigenvalue weighted by atomic mass is 10.1. The highest BCUT2D eigenvalue weighted by atomic mass is 35.5. The van der Waals surface area contributed by atoms with Gasteiger partial charge in [-0.2, -0.15) is 0 Å². The molecular weight excluding hydrogens is 206 g/mol. The van der Waals surface area contributed by atoms with Gasteiger partial charge < -0.3 is 4.98 Å². The molecule has 0 saturated carbocycles. The van der Waals surface area contributed by atoms with Gasteiger partial charge in [0.05, 0.1) is 5.52 Å². The number of aromatic amines is 1. The number of hydrogen-bond donors (Lipinski definition) is 1. The summed E-state index contributed by atoms with van der Waals surface area (Å²) in [5, 5.41) is 3.31. The van der Waals surface area contributed by atoms with E-state index in [9.17, 15) is 0 Å². The predicted octanol–water partition coefficient (Wildman–Crippen LogP) is 4.28. The van der Waals surface area contributed by atoms with Gasteiger partial charge in [-0.25, -0.2) is 0 Å². The minimum absolute atomic E-state index is 0.814. The van der Waals surface area contributed by atoms with Gasteiger partial charge in [-0.1, -0.05) is 35.9 Å². The van der Waals surface area contributed by atoms with Crippen molar-refractivity contribution in [3.8, 4) is 0 Å². The van der Waals surface area contributed by atoms with Crippen molar-refractivity contribution in [1.82, 2.24) is 4.98 Å². The standard InChI is InChI=1S/C13H10ClN/c1-8-11(14)7-6-10-9-4-2-3-5-12(9)15-13(8)10/h2-7,15H,1H3. The number of hydrogen-bond acceptors (Lipinski definition) is 0. The summed E-state index contributed by atoms with van der Waals surface area (Å²) in [6.07, 6.45) is 0. The van der Waals surface area contributed by atoms with Crippen molar-refractivity contribution in [3.63, 3.8) is 0 Å². The van der Waals surface area contributed by atoms with Crippen molar-refractivity contribution >= 4 is 33.4 Å². The normalized spacial score (nSPS) is 11.3. The first kappa shape index (κ1) is 8.81. The quantitative estimate of drug-likeness (QED) is 0.576. The van der Waals surface area contributed by atoms with E-state index in [1.54, 1.807) is 0 Å². The van der Waals surface area contributed by atoms with Crippen LogP contribution in [0, 0.1) is 6.92 Å². The molecule has 0 spiro atoms. The lowest BCUT2D eigenvalue weighted by molar-refractivity contribution is 1.45. The highest BCUT2D eigenvalue weighted by Gasteiger charge is 2.07. The smallest absolute Gasteiger partial charge is 0.0509 e. The molecule has 0 radical (unpaired) electrons. The minimum Gasteiger partial charge on any atom is -0.354 e. The van der Waals surface area contributed by atoms with Crippen molar-refractivity contribution in [2.45, 2.75) is 6.92 Å². The fourth-order valence-electron chi connectivity index (χ4n) is 2.03. The fraction of sp³-hybridized carbons (Fsp3) is 0.0769. The Morgan fingerprint density at radius 3 is 2.67 bits per heavy atom. The Morgan fingerprint density at radius 1 is 1.00 bits per heavy atom. The molecule has 1 aromatic heterocycles. The molecular formula is C13H10ClN. The van der Waals surface area contributed by atoms with Gasteiger partial charge in [0.25, 0.3) is 0 Å². The molecule has 15 heavy (non-hydrogen) atoms. The third kappa shape index (κ3) is 1.17. The van der Waals surface area contributed by atoms with Crippen molar-refractivity contribution in [2.24, 2.45) is 0 Å². The molecule has 0 aliphatic carbocycles. The van der Waals surface area contributed by atoms with E-state index in [1.165, 1.54) is 10.8 Å². The van der Waals surface area contributed by atoms with E-state index in [0.29, 0.717) is 0 Å². The van der Waals surface area contributed by atoms with E-state index in [0.717, 1.165) is 21.6 Å². The topological polar surface area (TPSA) is 15.8 Å². The van der Waals surface area contributed by atoms with Crippen LogP contribution >= 0.6 is 11.6 Å². The van der Waals surface area contributed by atoms with Crippen LogP contribution in [-0.2, 0) is 0 Å². The monoisotopic (exact) mass is 215 g/mol. The Morgan fingerprint density at radius 2 is 1.80 bits per heavy atom. The highest BCUT2D eigenvalue weighted by molar-refractivity contribution is 6.32. The maximum Gasteiger partial charge on any atom is 0.0509 e. The van der Waals surface area contributed by atoms with Crippen LogP contribution in [0.1, 0.15) is 5.56 Å². The van der Waals surface area contributed by atoms with Gasteiger partial charge in [-0.15, -0.1) is 0 Å². The Kier molecular flexibility index (Phi) is 1.77. The van der Waals surface area contributed by atoms with Crippen LogP contribution in [0.2, 0.25) is 5.02 Å². The van der Waals surface area contributed by atoms with E-state index in [1.807, 2.05) is 19.1 Å². The molecule has 0 bridgehead atoms. The summed E-state index contributed by atoms with van der Waals surface area (Å²) in [6, 6.07) is 12.3. The molecule has 2 aromatic carbocycles. The first-order chi connectivity index (χ1) is 7.27. The third-order valence-electron chi connectivity index (χ3n) is 2.88. The lowest BCUT2D eigenvalue weighted by Gasteiger charge is -1.98. The average molecular weight is 216 g/mol. The Bertz CT molecular complexity index is 652. The Balaban J connectivity index is 2.60. The molecule has 0 unspecified atom stereocenters. The lowest BCUT2D eigenvalue weighted by Crippen LogP contribution is -1.77. The second-order valence-corrected chi connectivity index (χ2v) is 4.17. The van der Waals surface area contributed by atoms with E-state index in [2.05, 4.69) is 29.2 Å². The SMILES string of the molecule is Cc1c(Cl)ccc2c1[nH]c1ccccc12. The third-order valence-corrected chi connectivity index (χ3v) is 3.29. The van der Waals surface area contributed by atoms with Crippen LogP contribution < -0.4 is 0 Å². The van der Waals surface area contributed by atoms with Gasteiger partial charge >= 0.3 is 0 Å². The van der Waals surface area contributed by atoms with Gasteiger partial charge in [0, 0.05) is 21.3 Å². The van der Waals surface area contributed by atoms with E-state index >= 15 is 0 Å². The second-order valence-electron chi connectivity index (χ2n) is 3.77. The molecule has 74 valence electrons. The summed E-state index contributed by atoms with van der Waals surface area (Å²) in [7, 11) is 0. The highest BCUT2D eigenvalue weighted by Crippen LogP contribution is 2.30. The molecule has 0 amide bonds. The minimum atomic E-state index is 0.814. The molecule has 1 N–H and O–H groups in total. The maximum atomic E-state index is 6.10. The molecule has 0 aliphatic heterocycles. The zero-order chi connectivity index (χ0) is 10.4. The predicted molar refractivity (Wildman–Crippen MR) is 65.6 cm³/mol. The van der Waals surface area contributed by atoms with Crippen molar-refractivity contribution in [3.05, 3.63) is 47.0 Å². The van der Waals surface area contributed by atoms with Crippen LogP contribution in [0.4, 0.5) is 0 Å². The number of fused-ring (bicyclic) bond motifs is 3. The molecule has 3 rings (SSSR count). The van der Waals surface area contributed by atoms with E-state index < -0.39 is 0 Å². The molecule has 0 saturated heterocycles. The van der Waals surface area contributed by atoms with Crippen molar-refractivity contribution in [2.75, 3.05) is 0 Å². The van der Waals surface area contributed by atoms with Gasteiger partial charge in [-0.05, 0) is 24.6 Å². The fourth-order valence-corrected chi connectivity index (χ4v) is 2.19. The van der Waals surface area contributed by atoms with Gasteiger partial charge in [-0.3, -0.25) is 0 Å². The van der Waals surface area contributed by atoms with Gasteiger partial charge in [0.2, 0.25) is 0 Å². The summed E-state index contributed by atoms with van der Waals surface area (Å²) in [6.45, 7) is 2.04. The summed E-state index contributed by atoms with van der Waals surface area (Å²) in [4.78, 5) is 3.40. The number of aromatic nitrogens is 1. The van der Waals surface area contributed by atoms with Gasteiger partial charge in [0.15, 0.2) is 0 Å². The van der Waals surface area contributed by atoms with Crippen LogP contribution in [0.3, 0.4) is 0 Å². The second kappa shape index (κ2) is 3.01. The molecule has 1 nitrogen and oxygen atoms in total. The average Bonchev–Trinajstić information content (AvgIpc) is 2.63. The van der Waals surface area contributed by atoms with Crippen molar-refractivity contribution < 1.29 is 0 Å². The zero-order valence-corrected chi connectivity index (χ0v) is 9.10. The zero-order valence-electron chi connectivity index (χ0n) is 8.34. The summed E-state index contributed by atoms with van der Waals surface area (Å²) >= 11 is 6.10. The number of H-pyrrole nitrogens is 1. The van der Waals surface area contributed by atoms with Crippen LogP contribution in [0.25, 0.3) is 21.8 Å². The van der Waals surface area contributed by atoms with E-state index in [-0.39, 0.29) is 0 Å². The summed E-state index contributed by atoms with van der Waals surface area (Å²) in [5.74, 6) is 0. The number of aryl methyl sites for hydroxylation is 1. The Hall–Kier alpha value is -1.47. The number of para-hydroxylation sites is 1. The maximum absolute atomic E-state index is 6.10. The first-order valence-corrected chi connectivity index (χ1v) is 5.30. The molecule has 3 aromatic rings. The number of benzene rings is 2. The van der Waals surface area contributed by atoms with Crippen LogP contribution in [-0.4, -0.2) is 4.98 Å². The van der Waals surface area contributed by atoms with Crippen molar-refractivity contribution in [1.29, 1.82) is 0 Å². The first-order valence-electron chi connectivity index (χ1n) is 4.93. The molecule has 1 heterocycles. The molecule has 2 heteroatoms. The largest absolute Gasteiger partial charge is 0.354 e. The summed E-state index contributed by atoms with van der Waals surface area (Å²) < 4.78 is 0. The molecule has 0 aliphatic rings. The summed E-state index contributed by atoms with van der Waals surface area (Å²) in [5.41, 5.74) is 3.42.